The lowest BCUT2D eigenvalue weighted by molar-refractivity contribution is -0.671. The highest BCUT2D eigenvalue weighted by Crippen LogP contribution is 2.39. The lowest BCUT2D eigenvalue weighted by atomic mass is 9.92. The first-order valence-electron chi connectivity index (χ1n) is 10.4. The first-order valence-corrected chi connectivity index (χ1v) is 11.8. The second-order valence-electron chi connectivity index (χ2n) is 7.80. The van der Waals surface area contributed by atoms with Crippen LogP contribution in [0.15, 0.2) is 76.3 Å². The van der Waals surface area contributed by atoms with Crippen LogP contribution in [0.25, 0.3) is 22.8 Å². The molecule has 33 heavy (non-hydrogen) atoms. The first kappa shape index (κ1) is 22.7. The lowest BCUT2D eigenvalue weighted by Crippen LogP contribution is -2.25. The molecule has 7 nitrogen and oxygen atoms in total. The number of aromatic nitrogens is 2. The van der Waals surface area contributed by atoms with E-state index in [1.165, 1.54) is 17.7 Å². The Labute approximate surface area is 193 Å². The van der Waals surface area contributed by atoms with Crippen molar-refractivity contribution in [3.63, 3.8) is 0 Å². The van der Waals surface area contributed by atoms with Crippen LogP contribution in [0.5, 0.6) is 5.75 Å². The zero-order valence-corrected chi connectivity index (χ0v) is 19.4. The molecule has 4 aromatic rings. The third kappa shape index (κ3) is 4.97. The van der Waals surface area contributed by atoms with Crippen molar-refractivity contribution in [1.29, 1.82) is 0 Å². The fraction of sp³-hybridized carbons (Fsp3) is 0.200. The molecule has 0 saturated carbocycles. The van der Waals surface area contributed by atoms with E-state index in [-0.39, 0.29) is 4.90 Å². The maximum absolute atomic E-state index is 10.4. The van der Waals surface area contributed by atoms with Crippen LogP contribution in [-0.4, -0.2) is 25.1 Å². The third-order valence-electron chi connectivity index (χ3n) is 5.44. The van der Waals surface area contributed by atoms with E-state index in [0.29, 0.717) is 5.89 Å². The molecule has 0 N–H and O–H groups in total. The van der Waals surface area contributed by atoms with Gasteiger partial charge in [0.05, 0.1) is 17.7 Å². The average Bonchev–Trinajstić information content (AvgIpc) is 3.24. The van der Waals surface area contributed by atoms with E-state index in [1.54, 1.807) is 19.2 Å². The molecule has 170 valence electrons. The molecule has 2 aromatic heterocycles. The van der Waals surface area contributed by atoms with Gasteiger partial charge in [-0.05, 0) is 38.0 Å². The van der Waals surface area contributed by atoms with E-state index in [0.717, 1.165) is 46.7 Å². The summed E-state index contributed by atoms with van der Waals surface area (Å²) < 4.78 is 44.7. The Balaban J connectivity index is 0.000000200. The van der Waals surface area contributed by atoms with E-state index in [9.17, 15) is 13.0 Å². The summed E-state index contributed by atoms with van der Waals surface area (Å²) in [6, 6.07) is 15.9. The minimum absolute atomic E-state index is 0.178. The Kier molecular flexibility index (Phi) is 6.31. The van der Waals surface area contributed by atoms with Gasteiger partial charge in [-0.25, -0.2) is 18.0 Å². The molecule has 0 atom stereocenters. The summed E-state index contributed by atoms with van der Waals surface area (Å²) in [4.78, 5) is 4.51. The molecular weight excluding hydrogens is 440 g/mol. The quantitative estimate of drug-likeness (QED) is 0.338. The van der Waals surface area contributed by atoms with Gasteiger partial charge in [-0.2, -0.15) is 0 Å². The van der Waals surface area contributed by atoms with Crippen LogP contribution < -0.4 is 9.30 Å². The molecule has 0 spiro atoms. The van der Waals surface area contributed by atoms with E-state index >= 15 is 0 Å². The highest BCUT2D eigenvalue weighted by molar-refractivity contribution is 7.85. The number of aryl methyl sites for hydroxylation is 3. The summed E-state index contributed by atoms with van der Waals surface area (Å²) in [6.07, 6.45) is 5.81. The Bertz CT molecular complexity index is 1380. The van der Waals surface area contributed by atoms with E-state index in [2.05, 4.69) is 11.1 Å². The largest absolute Gasteiger partial charge is 0.744 e. The maximum Gasteiger partial charge on any atom is 0.227 e. The highest BCUT2D eigenvalue weighted by Gasteiger charge is 2.25. The predicted molar refractivity (Wildman–Crippen MR) is 122 cm³/mol. The lowest BCUT2D eigenvalue weighted by Gasteiger charge is -2.16. The molecular formula is C25H24N2O5S. The molecule has 0 bridgehead atoms. The minimum atomic E-state index is -4.27. The number of rotatable bonds is 3. The second kappa shape index (κ2) is 9.17. The molecule has 0 fully saturated rings. The summed E-state index contributed by atoms with van der Waals surface area (Å²) in [5.41, 5.74) is 5.26. The fourth-order valence-corrected chi connectivity index (χ4v) is 4.14. The number of ether oxygens (including phenoxy) is 1. The van der Waals surface area contributed by atoms with Crippen LogP contribution in [0, 0.1) is 6.92 Å². The molecule has 2 aromatic carbocycles. The topological polar surface area (TPSA) is 96.3 Å². The average molecular weight is 465 g/mol. The molecule has 1 aliphatic carbocycles. The number of hydrogen-bond acceptors (Lipinski definition) is 6. The number of fused-ring (bicyclic) bond motifs is 3. The molecule has 0 saturated heterocycles. The smallest absolute Gasteiger partial charge is 0.227 e. The molecule has 0 unspecified atom stereocenters. The van der Waals surface area contributed by atoms with E-state index in [4.69, 9.17) is 9.15 Å². The molecule has 8 heteroatoms. The molecule has 5 rings (SSSR count). The Morgan fingerprint density at radius 1 is 1.03 bits per heavy atom. The molecule has 0 radical (unpaired) electrons. The summed E-state index contributed by atoms with van der Waals surface area (Å²) in [5, 5.41) is 0. The number of hydrogen-bond donors (Lipinski definition) is 0. The zero-order chi connectivity index (χ0) is 23.6. The van der Waals surface area contributed by atoms with Crippen LogP contribution in [0.4, 0.5) is 0 Å². The molecule has 0 aliphatic heterocycles. The second-order valence-corrected chi connectivity index (χ2v) is 9.18. The Morgan fingerprint density at radius 2 is 1.73 bits per heavy atom. The van der Waals surface area contributed by atoms with Crippen LogP contribution in [0.2, 0.25) is 0 Å². The molecule has 0 amide bonds. The Morgan fingerprint density at radius 3 is 2.36 bits per heavy atom. The van der Waals surface area contributed by atoms with Gasteiger partial charge in [0.25, 0.3) is 0 Å². The molecule has 2 heterocycles. The predicted octanol–water partition coefficient (Wildman–Crippen LogP) is 3.84. The Hall–Kier alpha value is -3.49. The SMILES string of the molecule is COc1cccc2c1CCc1nc(-c3cc[n+](C)cc3)oc1-2.Cc1ccc(S(=O)(=O)[O-])cc1. The van der Waals surface area contributed by atoms with Crippen molar-refractivity contribution in [2.45, 2.75) is 24.7 Å². The van der Waals surface area contributed by atoms with Crippen molar-refractivity contribution in [2.24, 2.45) is 7.05 Å². The standard InChI is InChI=1S/C18H17N2O2.C7H8O3S/c1-20-10-8-12(9-11-20)18-19-15-7-6-13-14(17(15)22-18)4-3-5-16(13)21-2;1-6-2-4-7(5-3-6)11(8,9)10/h3-5,8-11H,6-7H2,1-2H3;2-5H,1H3,(H,8,9,10)/q+1;/p-1. The molecule has 1 aliphatic rings. The third-order valence-corrected chi connectivity index (χ3v) is 6.29. The van der Waals surface area contributed by atoms with Crippen LogP contribution >= 0.6 is 0 Å². The van der Waals surface area contributed by atoms with Crippen molar-refractivity contribution in [1.82, 2.24) is 4.98 Å². The van der Waals surface area contributed by atoms with Crippen LogP contribution in [0.3, 0.4) is 0 Å². The monoisotopic (exact) mass is 464 g/mol. The number of methoxy groups -OCH3 is 1. The maximum atomic E-state index is 10.4. The van der Waals surface area contributed by atoms with Crippen molar-refractivity contribution < 1.29 is 26.7 Å². The van der Waals surface area contributed by atoms with Gasteiger partial charge < -0.3 is 13.7 Å². The first-order chi connectivity index (χ1) is 15.8. The summed E-state index contributed by atoms with van der Waals surface area (Å²) in [6.45, 7) is 1.82. The van der Waals surface area contributed by atoms with Gasteiger partial charge in [0.1, 0.15) is 22.9 Å². The van der Waals surface area contributed by atoms with Gasteiger partial charge in [-0.1, -0.05) is 29.8 Å². The van der Waals surface area contributed by atoms with Gasteiger partial charge in [-0.15, -0.1) is 0 Å². The number of pyridine rings is 1. The normalized spacial score (nSPS) is 12.2. The minimum Gasteiger partial charge on any atom is -0.744 e. The summed E-state index contributed by atoms with van der Waals surface area (Å²) in [7, 11) is -0.567. The highest BCUT2D eigenvalue weighted by atomic mass is 32.2. The van der Waals surface area contributed by atoms with Gasteiger partial charge in [-0.3, -0.25) is 0 Å². The number of nitrogens with zero attached hydrogens (tertiary/aromatic N) is 2. The van der Waals surface area contributed by atoms with E-state index < -0.39 is 10.1 Å². The number of benzene rings is 2. The van der Waals surface area contributed by atoms with Gasteiger partial charge in [0.2, 0.25) is 5.89 Å². The van der Waals surface area contributed by atoms with Crippen molar-refractivity contribution in [2.75, 3.05) is 7.11 Å². The fourth-order valence-electron chi connectivity index (χ4n) is 3.67. The van der Waals surface area contributed by atoms with E-state index in [1.807, 2.05) is 55.2 Å². The van der Waals surface area contributed by atoms with Gasteiger partial charge in [0, 0.05) is 28.8 Å². The number of oxazole rings is 1. The summed E-state index contributed by atoms with van der Waals surface area (Å²) >= 11 is 0. The van der Waals surface area contributed by atoms with Crippen LogP contribution in [0.1, 0.15) is 16.8 Å². The van der Waals surface area contributed by atoms with Crippen molar-refractivity contribution >= 4 is 10.1 Å². The van der Waals surface area contributed by atoms with Crippen LogP contribution in [-0.2, 0) is 30.0 Å². The zero-order valence-electron chi connectivity index (χ0n) is 18.6. The van der Waals surface area contributed by atoms with Crippen molar-refractivity contribution in [3.05, 3.63) is 83.8 Å². The summed E-state index contributed by atoms with van der Waals surface area (Å²) in [5.74, 6) is 2.48. The van der Waals surface area contributed by atoms with Gasteiger partial charge in [0.15, 0.2) is 18.2 Å². The van der Waals surface area contributed by atoms with Crippen molar-refractivity contribution in [3.8, 4) is 28.5 Å². The van der Waals surface area contributed by atoms with Gasteiger partial charge >= 0.3 is 0 Å².